The van der Waals surface area contributed by atoms with Crippen LogP contribution in [0.15, 0.2) is 23.1 Å². The van der Waals surface area contributed by atoms with Crippen LogP contribution in [0.4, 0.5) is 0 Å². The van der Waals surface area contributed by atoms with E-state index in [4.69, 9.17) is 5.11 Å². The van der Waals surface area contributed by atoms with Gasteiger partial charge in [0.1, 0.15) is 0 Å². The summed E-state index contributed by atoms with van der Waals surface area (Å²) in [5.41, 5.74) is 0.484. The van der Waals surface area contributed by atoms with Crippen LogP contribution in [0.3, 0.4) is 0 Å². The minimum atomic E-state index is -3.68. The first-order valence-electron chi connectivity index (χ1n) is 5.64. The lowest BCUT2D eigenvalue weighted by atomic mass is 10.1. The zero-order valence-corrected chi connectivity index (χ0v) is 12.6. The largest absolute Gasteiger partial charge is 0.478 e. The Balaban J connectivity index is 3.06. The SMILES string of the molecule is CSC(C)CNS(=O)(=O)c1cc(C(=O)O)ccc1C. The Morgan fingerprint density at radius 2 is 2.11 bits per heavy atom. The summed E-state index contributed by atoms with van der Waals surface area (Å²) >= 11 is 1.55. The molecule has 0 amide bonds. The summed E-state index contributed by atoms with van der Waals surface area (Å²) < 4.78 is 26.8. The van der Waals surface area contributed by atoms with Crippen molar-refractivity contribution in [1.82, 2.24) is 4.72 Å². The highest BCUT2D eigenvalue weighted by Gasteiger charge is 2.19. The van der Waals surface area contributed by atoms with Gasteiger partial charge in [0.05, 0.1) is 10.5 Å². The van der Waals surface area contributed by atoms with Crippen molar-refractivity contribution in [3.05, 3.63) is 29.3 Å². The van der Waals surface area contributed by atoms with Gasteiger partial charge in [-0.2, -0.15) is 11.8 Å². The first-order valence-corrected chi connectivity index (χ1v) is 8.41. The Labute approximate surface area is 117 Å². The van der Waals surface area contributed by atoms with E-state index in [0.717, 1.165) is 0 Å². The Hall–Kier alpha value is -1.05. The summed E-state index contributed by atoms with van der Waals surface area (Å²) in [7, 11) is -3.68. The van der Waals surface area contributed by atoms with Gasteiger partial charge < -0.3 is 5.11 Å². The van der Waals surface area contributed by atoms with E-state index in [1.54, 1.807) is 18.7 Å². The molecule has 0 aliphatic carbocycles. The molecule has 0 heterocycles. The molecule has 0 radical (unpaired) electrons. The minimum Gasteiger partial charge on any atom is -0.478 e. The molecule has 1 aromatic carbocycles. The number of hydrogen-bond donors (Lipinski definition) is 2. The molecular weight excluding hydrogens is 286 g/mol. The number of carboxylic acids is 1. The molecule has 0 aliphatic heterocycles. The molecule has 0 fully saturated rings. The van der Waals surface area contributed by atoms with Crippen LogP contribution in [0.5, 0.6) is 0 Å². The predicted octanol–water partition coefficient (Wildman–Crippen LogP) is 1.72. The van der Waals surface area contributed by atoms with Crippen LogP contribution >= 0.6 is 11.8 Å². The molecule has 0 spiro atoms. The van der Waals surface area contributed by atoms with Crippen LogP contribution in [0.25, 0.3) is 0 Å². The van der Waals surface area contributed by atoms with Crippen LogP contribution in [0, 0.1) is 6.92 Å². The van der Waals surface area contributed by atoms with Crippen LogP contribution in [0.2, 0.25) is 0 Å². The number of aromatic carboxylic acids is 1. The molecule has 0 saturated heterocycles. The lowest BCUT2D eigenvalue weighted by molar-refractivity contribution is 0.0696. The van der Waals surface area contributed by atoms with Gasteiger partial charge in [0.2, 0.25) is 10.0 Å². The Morgan fingerprint density at radius 1 is 1.47 bits per heavy atom. The van der Waals surface area contributed by atoms with E-state index in [1.165, 1.54) is 18.2 Å². The fourth-order valence-electron chi connectivity index (χ4n) is 1.41. The second-order valence-electron chi connectivity index (χ2n) is 4.18. The Bertz CT molecular complexity index is 569. The highest BCUT2D eigenvalue weighted by atomic mass is 32.2. The molecule has 1 unspecified atom stereocenters. The van der Waals surface area contributed by atoms with Gasteiger partial charge in [0.25, 0.3) is 0 Å². The summed E-state index contributed by atoms with van der Waals surface area (Å²) in [6.07, 6.45) is 1.90. The van der Waals surface area contributed by atoms with Gasteiger partial charge in [0.15, 0.2) is 0 Å². The molecule has 1 aromatic rings. The lowest BCUT2D eigenvalue weighted by Gasteiger charge is -2.12. The average molecular weight is 303 g/mol. The Kier molecular flexibility index (Phi) is 5.39. The monoisotopic (exact) mass is 303 g/mol. The molecule has 0 bridgehead atoms. The third-order valence-corrected chi connectivity index (χ3v) is 5.22. The van der Waals surface area contributed by atoms with E-state index >= 15 is 0 Å². The summed E-state index contributed by atoms with van der Waals surface area (Å²) in [5.74, 6) is -1.14. The van der Waals surface area contributed by atoms with Crippen molar-refractivity contribution < 1.29 is 18.3 Å². The van der Waals surface area contributed by atoms with Crippen molar-refractivity contribution in [2.24, 2.45) is 0 Å². The van der Waals surface area contributed by atoms with E-state index in [2.05, 4.69) is 4.72 Å². The highest BCUT2D eigenvalue weighted by Crippen LogP contribution is 2.17. The molecule has 106 valence electrons. The average Bonchev–Trinajstić information content (AvgIpc) is 2.36. The van der Waals surface area contributed by atoms with Crippen LogP contribution in [-0.4, -0.2) is 37.5 Å². The van der Waals surface area contributed by atoms with Gasteiger partial charge >= 0.3 is 5.97 Å². The number of hydrogen-bond acceptors (Lipinski definition) is 4. The number of benzene rings is 1. The van der Waals surface area contributed by atoms with Crippen molar-refractivity contribution in [2.45, 2.75) is 24.0 Å². The zero-order chi connectivity index (χ0) is 14.6. The summed E-state index contributed by atoms with van der Waals surface area (Å²) in [6, 6.07) is 4.07. The third-order valence-electron chi connectivity index (χ3n) is 2.69. The number of carboxylic acid groups (broad SMARTS) is 1. The van der Waals surface area contributed by atoms with Crippen LogP contribution < -0.4 is 4.72 Å². The molecule has 7 heteroatoms. The molecular formula is C12H17NO4S2. The first-order chi connectivity index (χ1) is 8.77. The summed E-state index contributed by atoms with van der Waals surface area (Å²) in [6.45, 7) is 3.85. The van der Waals surface area contributed by atoms with Crippen molar-refractivity contribution >= 4 is 27.8 Å². The molecule has 0 aromatic heterocycles. The predicted molar refractivity (Wildman–Crippen MR) is 76.3 cm³/mol. The molecule has 0 aliphatic rings. The third kappa shape index (κ3) is 4.22. The maximum Gasteiger partial charge on any atom is 0.335 e. The fraction of sp³-hybridized carbons (Fsp3) is 0.417. The zero-order valence-electron chi connectivity index (χ0n) is 11.0. The maximum atomic E-state index is 12.1. The van der Waals surface area contributed by atoms with E-state index in [1.807, 2.05) is 13.2 Å². The second kappa shape index (κ2) is 6.40. The van der Waals surface area contributed by atoms with Crippen molar-refractivity contribution in [1.29, 1.82) is 0 Å². The van der Waals surface area contributed by atoms with E-state index in [9.17, 15) is 13.2 Å². The number of rotatable bonds is 6. The minimum absolute atomic E-state index is 0.0145. The highest BCUT2D eigenvalue weighted by molar-refractivity contribution is 7.99. The van der Waals surface area contributed by atoms with E-state index in [-0.39, 0.29) is 15.7 Å². The summed E-state index contributed by atoms with van der Waals surface area (Å²) in [4.78, 5) is 10.9. The van der Waals surface area contributed by atoms with Crippen LogP contribution in [0.1, 0.15) is 22.8 Å². The number of aryl methyl sites for hydroxylation is 1. The summed E-state index contributed by atoms with van der Waals surface area (Å²) in [5, 5.41) is 9.05. The van der Waals surface area contributed by atoms with Crippen LogP contribution in [-0.2, 0) is 10.0 Å². The normalized spacial score (nSPS) is 13.2. The molecule has 1 rings (SSSR count). The molecule has 0 saturated carbocycles. The molecule has 5 nitrogen and oxygen atoms in total. The quantitative estimate of drug-likeness (QED) is 0.836. The van der Waals surface area contributed by atoms with Crippen molar-refractivity contribution in [2.75, 3.05) is 12.8 Å². The number of sulfonamides is 1. The van der Waals surface area contributed by atoms with E-state index in [0.29, 0.717) is 12.1 Å². The number of nitrogens with one attached hydrogen (secondary N) is 1. The molecule has 2 N–H and O–H groups in total. The van der Waals surface area contributed by atoms with E-state index < -0.39 is 16.0 Å². The standard InChI is InChI=1S/C12H17NO4S2/c1-8-4-5-10(12(14)15)6-11(8)19(16,17)13-7-9(2)18-3/h4-6,9,13H,7H2,1-3H3,(H,14,15). The smallest absolute Gasteiger partial charge is 0.335 e. The van der Waals surface area contributed by atoms with Crippen molar-refractivity contribution in [3.63, 3.8) is 0 Å². The second-order valence-corrected chi connectivity index (χ2v) is 7.20. The maximum absolute atomic E-state index is 12.1. The van der Waals surface area contributed by atoms with Gasteiger partial charge in [-0.15, -0.1) is 0 Å². The number of thioether (sulfide) groups is 1. The Morgan fingerprint density at radius 3 is 2.63 bits per heavy atom. The van der Waals surface area contributed by atoms with Gasteiger partial charge in [-0.25, -0.2) is 17.9 Å². The molecule has 1 atom stereocenters. The first kappa shape index (κ1) is 16.0. The topological polar surface area (TPSA) is 83.5 Å². The van der Waals surface area contributed by atoms with Gasteiger partial charge in [-0.05, 0) is 30.9 Å². The van der Waals surface area contributed by atoms with Crippen molar-refractivity contribution in [3.8, 4) is 0 Å². The van der Waals surface area contributed by atoms with Gasteiger partial charge in [-0.1, -0.05) is 13.0 Å². The molecule has 19 heavy (non-hydrogen) atoms. The number of carbonyl (C=O) groups is 1. The van der Waals surface area contributed by atoms with Gasteiger partial charge in [-0.3, -0.25) is 0 Å². The fourth-order valence-corrected chi connectivity index (χ4v) is 3.17. The van der Waals surface area contributed by atoms with Gasteiger partial charge in [0, 0.05) is 11.8 Å². The lowest BCUT2D eigenvalue weighted by Crippen LogP contribution is -2.30.